The third-order valence-electron chi connectivity index (χ3n) is 3.19. The molecule has 1 aliphatic rings. The molecule has 1 heterocycles. The van der Waals surface area contributed by atoms with Crippen molar-refractivity contribution in [3.63, 3.8) is 0 Å². The number of amides is 1. The Balaban J connectivity index is 2.22. The summed E-state index contributed by atoms with van der Waals surface area (Å²) < 4.78 is 5.26. The third kappa shape index (κ3) is 3.49. The number of carboxylic acid groups (broad SMARTS) is 1. The average Bonchev–Trinajstić information content (AvgIpc) is 2.36. The maximum Gasteiger partial charge on any atom is 0.305 e. The molecule has 1 aliphatic heterocycles. The molecule has 0 radical (unpaired) electrons. The Morgan fingerprint density at radius 3 is 2.85 bits per heavy atom. The van der Waals surface area contributed by atoms with Gasteiger partial charge in [0.1, 0.15) is 0 Å². The van der Waals surface area contributed by atoms with Gasteiger partial charge in [-0.2, -0.15) is 0 Å². The first-order chi connectivity index (χ1) is 9.47. The number of carboxylic acids is 1. The van der Waals surface area contributed by atoms with Crippen LogP contribution in [0.3, 0.4) is 0 Å². The lowest BCUT2D eigenvalue weighted by Crippen LogP contribution is -2.49. The van der Waals surface area contributed by atoms with Gasteiger partial charge in [-0.15, -0.1) is 0 Å². The minimum absolute atomic E-state index is 0.120. The Bertz CT molecular complexity index is 512. The molecule has 0 aliphatic carbocycles. The van der Waals surface area contributed by atoms with E-state index in [0.717, 1.165) is 5.56 Å². The monoisotopic (exact) mass is 297 g/mol. The molecule has 0 saturated carbocycles. The quantitative estimate of drug-likeness (QED) is 0.926. The van der Waals surface area contributed by atoms with Crippen LogP contribution in [-0.2, 0) is 9.53 Å². The van der Waals surface area contributed by atoms with Crippen LogP contribution in [-0.4, -0.2) is 47.7 Å². The summed E-state index contributed by atoms with van der Waals surface area (Å²) in [4.78, 5) is 24.9. The van der Waals surface area contributed by atoms with E-state index in [1.54, 1.807) is 23.1 Å². The zero-order chi connectivity index (χ0) is 14.7. The van der Waals surface area contributed by atoms with E-state index < -0.39 is 12.0 Å². The maximum atomic E-state index is 12.5. The molecule has 1 unspecified atom stereocenters. The number of halogens is 1. The fraction of sp³-hybridized carbons (Fsp3) is 0.429. The van der Waals surface area contributed by atoms with Gasteiger partial charge in [0.05, 0.1) is 25.7 Å². The number of aliphatic carboxylic acids is 1. The van der Waals surface area contributed by atoms with Crippen molar-refractivity contribution in [3.05, 3.63) is 34.3 Å². The number of carbonyl (C=O) groups is 2. The SMILES string of the molecule is Cc1cc(Cl)cc(C(=O)N2CCOCC2CC(=O)O)c1. The van der Waals surface area contributed by atoms with Crippen LogP contribution < -0.4 is 0 Å². The Kier molecular flexibility index (Phi) is 4.62. The van der Waals surface area contributed by atoms with Crippen LogP contribution in [0.4, 0.5) is 0 Å². The highest BCUT2D eigenvalue weighted by Crippen LogP contribution is 2.19. The zero-order valence-corrected chi connectivity index (χ0v) is 11.9. The molecule has 2 rings (SSSR count). The lowest BCUT2D eigenvalue weighted by molar-refractivity contribution is -0.139. The van der Waals surface area contributed by atoms with Crippen LogP contribution in [0.5, 0.6) is 0 Å². The van der Waals surface area contributed by atoms with Gasteiger partial charge in [0, 0.05) is 17.1 Å². The van der Waals surface area contributed by atoms with Crippen molar-refractivity contribution in [3.8, 4) is 0 Å². The van der Waals surface area contributed by atoms with Gasteiger partial charge in [0.15, 0.2) is 0 Å². The van der Waals surface area contributed by atoms with Gasteiger partial charge in [-0.3, -0.25) is 9.59 Å². The smallest absolute Gasteiger partial charge is 0.305 e. The number of hydrogen-bond acceptors (Lipinski definition) is 3. The summed E-state index contributed by atoms with van der Waals surface area (Å²) in [6.07, 6.45) is -0.120. The number of carbonyl (C=O) groups excluding carboxylic acids is 1. The third-order valence-corrected chi connectivity index (χ3v) is 3.41. The van der Waals surface area contributed by atoms with Crippen molar-refractivity contribution in [2.45, 2.75) is 19.4 Å². The summed E-state index contributed by atoms with van der Waals surface area (Å²) in [5.41, 5.74) is 1.37. The molecule has 0 spiro atoms. The van der Waals surface area contributed by atoms with Crippen LogP contribution in [0.25, 0.3) is 0 Å². The molecule has 0 aromatic heterocycles. The number of benzene rings is 1. The van der Waals surface area contributed by atoms with Crippen molar-refractivity contribution in [1.29, 1.82) is 0 Å². The van der Waals surface area contributed by atoms with Crippen LogP contribution in [0.2, 0.25) is 5.02 Å². The minimum atomic E-state index is -0.944. The van der Waals surface area contributed by atoms with E-state index in [2.05, 4.69) is 0 Å². The lowest BCUT2D eigenvalue weighted by Gasteiger charge is -2.35. The van der Waals surface area contributed by atoms with Gasteiger partial charge in [-0.25, -0.2) is 0 Å². The highest BCUT2D eigenvalue weighted by atomic mass is 35.5. The number of morpholine rings is 1. The Labute approximate surface area is 122 Å². The number of nitrogens with zero attached hydrogens (tertiary/aromatic N) is 1. The molecule has 1 fully saturated rings. The second-order valence-electron chi connectivity index (χ2n) is 4.84. The Morgan fingerprint density at radius 2 is 2.20 bits per heavy atom. The van der Waals surface area contributed by atoms with E-state index in [9.17, 15) is 9.59 Å². The average molecular weight is 298 g/mol. The Morgan fingerprint density at radius 1 is 1.45 bits per heavy atom. The van der Waals surface area contributed by atoms with Crippen LogP contribution >= 0.6 is 11.6 Å². The molecular formula is C14H16ClNO4. The fourth-order valence-electron chi connectivity index (χ4n) is 2.32. The maximum absolute atomic E-state index is 12.5. The lowest BCUT2D eigenvalue weighted by atomic mass is 10.1. The zero-order valence-electron chi connectivity index (χ0n) is 11.1. The predicted octanol–water partition coefficient (Wildman–Crippen LogP) is 1.96. The van der Waals surface area contributed by atoms with E-state index in [0.29, 0.717) is 23.7 Å². The van der Waals surface area contributed by atoms with Crippen molar-refractivity contribution in [2.75, 3.05) is 19.8 Å². The standard InChI is InChI=1S/C14H16ClNO4/c1-9-4-10(6-11(15)5-9)14(19)16-2-3-20-8-12(16)7-13(17)18/h4-6,12H,2-3,7-8H2,1H3,(H,17,18). The van der Waals surface area contributed by atoms with Crippen molar-refractivity contribution in [1.82, 2.24) is 4.90 Å². The van der Waals surface area contributed by atoms with Gasteiger partial charge < -0.3 is 14.7 Å². The molecule has 1 atom stereocenters. The number of aryl methyl sites for hydroxylation is 1. The van der Waals surface area contributed by atoms with E-state index in [1.807, 2.05) is 6.92 Å². The molecule has 6 heteroatoms. The largest absolute Gasteiger partial charge is 0.481 e. The van der Waals surface area contributed by atoms with Crippen LogP contribution in [0, 0.1) is 6.92 Å². The normalized spacial score (nSPS) is 18.9. The number of rotatable bonds is 3. The highest BCUT2D eigenvalue weighted by Gasteiger charge is 2.29. The summed E-state index contributed by atoms with van der Waals surface area (Å²) in [5.74, 6) is -1.15. The van der Waals surface area contributed by atoms with E-state index in [4.69, 9.17) is 21.4 Å². The first-order valence-corrected chi connectivity index (χ1v) is 6.73. The molecule has 1 saturated heterocycles. The van der Waals surface area contributed by atoms with Gasteiger partial charge in [0.25, 0.3) is 5.91 Å². The summed E-state index contributed by atoms with van der Waals surface area (Å²) in [6.45, 7) is 2.91. The Hall–Kier alpha value is -1.59. The minimum Gasteiger partial charge on any atom is -0.481 e. The molecule has 1 amide bonds. The van der Waals surface area contributed by atoms with E-state index in [-0.39, 0.29) is 18.9 Å². The molecule has 1 aromatic carbocycles. The summed E-state index contributed by atoms with van der Waals surface area (Å²) >= 11 is 5.96. The second-order valence-corrected chi connectivity index (χ2v) is 5.28. The molecule has 108 valence electrons. The molecule has 5 nitrogen and oxygen atoms in total. The van der Waals surface area contributed by atoms with Crippen LogP contribution in [0.15, 0.2) is 18.2 Å². The van der Waals surface area contributed by atoms with Crippen molar-refractivity contribution in [2.24, 2.45) is 0 Å². The second kappa shape index (κ2) is 6.24. The molecule has 1 N–H and O–H groups in total. The molecule has 0 bridgehead atoms. The fourth-order valence-corrected chi connectivity index (χ4v) is 2.61. The first kappa shape index (κ1) is 14.8. The molecule has 1 aromatic rings. The van der Waals surface area contributed by atoms with Crippen LogP contribution in [0.1, 0.15) is 22.3 Å². The first-order valence-electron chi connectivity index (χ1n) is 6.35. The number of hydrogen-bond donors (Lipinski definition) is 1. The van der Waals surface area contributed by atoms with Crippen molar-refractivity contribution < 1.29 is 19.4 Å². The number of ether oxygens (including phenoxy) is 1. The molecule has 20 heavy (non-hydrogen) atoms. The van der Waals surface area contributed by atoms with Gasteiger partial charge in [-0.05, 0) is 30.7 Å². The highest BCUT2D eigenvalue weighted by molar-refractivity contribution is 6.31. The van der Waals surface area contributed by atoms with E-state index in [1.165, 1.54) is 0 Å². The van der Waals surface area contributed by atoms with Crippen molar-refractivity contribution >= 4 is 23.5 Å². The summed E-state index contributed by atoms with van der Waals surface area (Å²) in [6, 6.07) is 4.69. The van der Waals surface area contributed by atoms with Gasteiger partial charge in [0.2, 0.25) is 0 Å². The summed E-state index contributed by atoms with van der Waals surface area (Å²) in [7, 11) is 0. The van der Waals surface area contributed by atoms with Gasteiger partial charge >= 0.3 is 5.97 Å². The summed E-state index contributed by atoms with van der Waals surface area (Å²) in [5, 5.41) is 9.41. The van der Waals surface area contributed by atoms with Gasteiger partial charge in [-0.1, -0.05) is 11.6 Å². The molecular weight excluding hydrogens is 282 g/mol. The van der Waals surface area contributed by atoms with E-state index >= 15 is 0 Å². The predicted molar refractivity (Wildman–Crippen MR) is 74.1 cm³/mol. The topological polar surface area (TPSA) is 66.8 Å².